The molecule has 23 heavy (non-hydrogen) atoms. The second kappa shape index (κ2) is 8.17. The lowest BCUT2D eigenvalue weighted by molar-refractivity contribution is -0.131. The first kappa shape index (κ1) is 16.8. The number of aromatic nitrogens is 2. The lowest BCUT2D eigenvalue weighted by Gasteiger charge is -2.20. The highest BCUT2D eigenvalue weighted by atomic mass is 16.2. The monoisotopic (exact) mass is 312 g/mol. The first-order chi connectivity index (χ1) is 11.1. The van der Waals surface area contributed by atoms with Crippen LogP contribution in [0.4, 0.5) is 5.82 Å². The molecule has 1 heterocycles. The van der Waals surface area contributed by atoms with Crippen molar-refractivity contribution in [3.05, 3.63) is 53.7 Å². The van der Waals surface area contributed by atoms with Crippen molar-refractivity contribution in [2.45, 2.75) is 26.8 Å². The molecule has 0 aliphatic carbocycles. The van der Waals surface area contributed by atoms with Gasteiger partial charge in [-0.25, -0.2) is 4.68 Å². The average molecular weight is 312 g/mol. The molecular weight excluding hydrogens is 288 g/mol. The van der Waals surface area contributed by atoms with E-state index < -0.39 is 0 Å². The van der Waals surface area contributed by atoms with E-state index in [0.29, 0.717) is 12.4 Å². The van der Waals surface area contributed by atoms with Crippen LogP contribution in [0.3, 0.4) is 0 Å². The van der Waals surface area contributed by atoms with E-state index in [1.165, 1.54) is 0 Å². The van der Waals surface area contributed by atoms with Gasteiger partial charge in [-0.2, -0.15) is 5.10 Å². The van der Waals surface area contributed by atoms with Crippen LogP contribution in [0.2, 0.25) is 0 Å². The Morgan fingerprint density at radius 2 is 2.09 bits per heavy atom. The predicted octanol–water partition coefficient (Wildman–Crippen LogP) is 2.73. The number of carbonyl (C=O) groups is 1. The highest BCUT2D eigenvalue weighted by Gasteiger charge is 2.14. The molecule has 0 aliphatic heterocycles. The van der Waals surface area contributed by atoms with Gasteiger partial charge in [-0.3, -0.25) is 4.79 Å². The summed E-state index contributed by atoms with van der Waals surface area (Å²) in [5, 5.41) is 4.25. The zero-order chi connectivity index (χ0) is 16.7. The molecule has 5 nitrogen and oxygen atoms in total. The first-order valence-electron chi connectivity index (χ1n) is 7.89. The van der Waals surface area contributed by atoms with Gasteiger partial charge in [0.15, 0.2) is 0 Å². The zero-order valence-corrected chi connectivity index (χ0v) is 13.8. The van der Waals surface area contributed by atoms with E-state index in [-0.39, 0.29) is 12.5 Å². The molecule has 2 N–H and O–H groups in total. The molecule has 1 aromatic carbocycles. The molecule has 0 bridgehead atoms. The van der Waals surface area contributed by atoms with Gasteiger partial charge in [-0.05, 0) is 18.9 Å². The summed E-state index contributed by atoms with van der Waals surface area (Å²) in [7, 11) is 0. The van der Waals surface area contributed by atoms with E-state index in [0.717, 1.165) is 24.2 Å². The van der Waals surface area contributed by atoms with Gasteiger partial charge in [0.05, 0.1) is 5.69 Å². The normalized spacial score (nSPS) is 11.0. The molecule has 1 aromatic heterocycles. The maximum Gasteiger partial charge on any atom is 0.244 e. The Morgan fingerprint density at radius 1 is 1.35 bits per heavy atom. The number of amides is 1. The fourth-order valence-corrected chi connectivity index (χ4v) is 2.39. The molecule has 0 aliphatic rings. The van der Waals surface area contributed by atoms with E-state index in [2.05, 4.69) is 12.0 Å². The van der Waals surface area contributed by atoms with E-state index in [4.69, 9.17) is 5.73 Å². The van der Waals surface area contributed by atoms with E-state index >= 15 is 0 Å². The van der Waals surface area contributed by atoms with Crippen LogP contribution < -0.4 is 5.73 Å². The lowest BCUT2D eigenvalue weighted by atomic mass is 10.2. The van der Waals surface area contributed by atoms with Crippen molar-refractivity contribution < 1.29 is 4.79 Å². The first-order valence-corrected chi connectivity index (χ1v) is 7.89. The zero-order valence-electron chi connectivity index (χ0n) is 13.8. The summed E-state index contributed by atoms with van der Waals surface area (Å²) in [6.45, 7) is 5.41. The number of rotatable bonds is 7. The molecule has 0 saturated carbocycles. The molecule has 5 heteroatoms. The van der Waals surface area contributed by atoms with E-state index in [1.807, 2.05) is 54.3 Å². The summed E-state index contributed by atoms with van der Waals surface area (Å²) in [6.07, 6.45) is 4.96. The van der Waals surface area contributed by atoms with Gasteiger partial charge < -0.3 is 10.6 Å². The molecule has 0 atom stereocenters. The number of carbonyl (C=O) groups excluding carboxylic acids is 1. The third-order valence-corrected chi connectivity index (χ3v) is 3.50. The van der Waals surface area contributed by atoms with Crippen LogP contribution in [0.25, 0.3) is 6.08 Å². The van der Waals surface area contributed by atoms with Crippen molar-refractivity contribution >= 4 is 17.8 Å². The second-order valence-corrected chi connectivity index (χ2v) is 5.52. The van der Waals surface area contributed by atoms with Crippen LogP contribution in [0.1, 0.15) is 24.6 Å². The van der Waals surface area contributed by atoms with Gasteiger partial charge in [0.1, 0.15) is 12.4 Å². The van der Waals surface area contributed by atoms with Crippen molar-refractivity contribution in [1.82, 2.24) is 14.7 Å². The summed E-state index contributed by atoms with van der Waals surface area (Å²) in [4.78, 5) is 14.3. The minimum absolute atomic E-state index is 0.0272. The quantitative estimate of drug-likeness (QED) is 0.855. The molecular formula is C18H24N4O. The Kier molecular flexibility index (Phi) is 5.97. The Hall–Kier alpha value is -2.56. The van der Waals surface area contributed by atoms with Crippen molar-refractivity contribution in [3.63, 3.8) is 0 Å². The number of hydrogen-bond donors (Lipinski definition) is 1. The van der Waals surface area contributed by atoms with Gasteiger partial charge in [-0.15, -0.1) is 0 Å². The van der Waals surface area contributed by atoms with Crippen molar-refractivity contribution in [2.24, 2.45) is 0 Å². The Balaban J connectivity index is 1.98. The van der Waals surface area contributed by atoms with Gasteiger partial charge in [0.2, 0.25) is 5.91 Å². The van der Waals surface area contributed by atoms with Crippen LogP contribution in [0.5, 0.6) is 0 Å². The largest absolute Gasteiger partial charge is 0.384 e. The third kappa shape index (κ3) is 4.98. The molecule has 2 rings (SSSR count). The number of nitrogens with two attached hydrogens (primary N) is 1. The Labute approximate surface area is 137 Å². The Morgan fingerprint density at radius 3 is 2.70 bits per heavy atom. The average Bonchev–Trinajstić information content (AvgIpc) is 2.85. The smallest absolute Gasteiger partial charge is 0.244 e. The number of benzene rings is 1. The van der Waals surface area contributed by atoms with Crippen molar-refractivity contribution in [2.75, 3.05) is 18.8 Å². The minimum atomic E-state index is 0.0272. The van der Waals surface area contributed by atoms with Gasteiger partial charge in [0, 0.05) is 19.2 Å². The van der Waals surface area contributed by atoms with Gasteiger partial charge in [-0.1, -0.05) is 49.4 Å². The molecule has 0 radical (unpaired) electrons. The molecule has 122 valence electrons. The molecule has 1 amide bonds. The van der Waals surface area contributed by atoms with Crippen LogP contribution in [0, 0.1) is 6.92 Å². The highest BCUT2D eigenvalue weighted by Crippen LogP contribution is 2.07. The van der Waals surface area contributed by atoms with Crippen LogP contribution in [-0.4, -0.2) is 33.7 Å². The number of nitrogens with zero attached hydrogens (tertiary/aromatic N) is 3. The SMILES string of the molecule is CCCN(CC=Cc1ccccc1)C(=O)Cn1nc(C)cc1N. The summed E-state index contributed by atoms with van der Waals surface area (Å²) >= 11 is 0. The third-order valence-electron chi connectivity index (χ3n) is 3.50. The highest BCUT2D eigenvalue weighted by molar-refractivity contribution is 5.76. The number of hydrogen-bond acceptors (Lipinski definition) is 3. The van der Waals surface area contributed by atoms with Crippen LogP contribution in [-0.2, 0) is 11.3 Å². The summed E-state index contributed by atoms with van der Waals surface area (Å²) < 4.78 is 1.56. The molecule has 0 unspecified atom stereocenters. The summed E-state index contributed by atoms with van der Waals surface area (Å²) in [5.41, 5.74) is 7.80. The molecule has 0 fully saturated rings. The standard InChI is InChI=1S/C18H24N4O/c1-3-11-21(12-7-10-16-8-5-4-6-9-16)18(23)14-22-17(19)13-15(2)20-22/h4-10,13H,3,11-12,14,19H2,1-2H3. The van der Waals surface area contributed by atoms with E-state index in [1.54, 1.807) is 10.7 Å². The van der Waals surface area contributed by atoms with Gasteiger partial charge >= 0.3 is 0 Å². The maximum atomic E-state index is 12.5. The number of nitrogen functional groups attached to an aromatic ring is 1. The fraction of sp³-hybridized carbons (Fsp3) is 0.333. The van der Waals surface area contributed by atoms with Crippen molar-refractivity contribution in [1.29, 1.82) is 0 Å². The predicted molar refractivity (Wildman–Crippen MR) is 93.7 cm³/mol. The van der Waals surface area contributed by atoms with Gasteiger partial charge in [0.25, 0.3) is 0 Å². The number of anilines is 1. The van der Waals surface area contributed by atoms with Crippen LogP contribution >= 0.6 is 0 Å². The second-order valence-electron chi connectivity index (χ2n) is 5.52. The molecule has 2 aromatic rings. The summed E-state index contributed by atoms with van der Waals surface area (Å²) in [5.74, 6) is 0.548. The maximum absolute atomic E-state index is 12.5. The van der Waals surface area contributed by atoms with Crippen molar-refractivity contribution in [3.8, 4) is 0 Å². The number of aryl methyl sites for hydroxylation is 1. The van der Waals surface area contributed by atoms with E-state index in [9.17, 15) is 4.79 Å². The minimum Gasteiger partial charge on any atom is -0.384 e. The summed E-state index contributed by atoms with van der Waals surface area (Å²) in [6, 6.07) is 11.8. The lowest BCUT2D eigenvalue weighted by Crippen LogP contribution is -2.35. The molecule has 0 saturated heterocycles. The molecule has 0 spiro atoms. The fourth-order valence-electron chi connectivity index (χ4n) is 2.39. The Bertz CT molecular complexity index is 661. The van der Waals surface area contributed by atoms with Crippen LogP contribution in [0.15, 0.2) is 42.5 Å². The topological polar surface area (TPSA) is 64.2 Å².